The highest BCUT2D eigenvalue weighted by Gasteiger charge is 2.49. The molecule has 39 heavy (non-hydrogen) atoms. The van der Waals surface area contributed by atoms with Crippen LogP contribution >= 0.6 is 0 Å². The molecule has 4 aromatic rings. The highest BCUT2D eigenvalue weighted by molar-refractivity contribution is 5.97. The summed E-state index contributed by atoms with van der Waals surface area (Å²) >= 11 is 0. The average Bonchev–Trinajstić information content (AvgIpc) is 3.59. The lowest BCUT2D eigenvalue weighted by atomic mass is 9.79. The van der Waals surface area contributed by atoms with Gasteiger partial charge in [0.2, 0.25) is 5.91 Å². The number of aromatic amines is 1. The van der Waals surface area contributed by atoms with Gasteiger partial charge in [-0.2, -0.15) is 20.3 Å². The number of fused-ring (bicyclic) bond motifs is 1. The van der Waals surface area contributed by atoms with Crippen LogP contribution in [0.25, 0.3) is 22.2 Å². The number of aryl methyl sites for hydroxylation is 1. The van der Waals surface area contributed by atoms with Crippen LogP contribution in [0.2, 0.25) is 0 Å². The lowest BCUT2D eigenvalue weighted by Gasteiger charge is -2.47. The largest absolute Gasteiger partial charge is 0.457 e. The lowest BCUT2D eigenvalue weighted by Crippen LogP contribution is -2.59. The molecule has 2 aliphatic heterocycles. The molecule has 2 saturated heterocycles. The van der Waals surface area contributed by atoms with Crippen molar-refractivity contribution in [1.29, 1.82) is 5.26 Å². The van der Waals surface area contributed by atoms with E-state index in [1.165, 1.54) is 0 Å². The number of rotatable bonds is 6. The number of allylic oxidation sites excluding steroid dienone is 1. The summed E-state index contributed by atoms with van der Waals surface area (Å²) in [5.41, 5.74) is 4.31. The maximum atomic E-state index is 12.3. The number of carbonyl (C=O) groups is 1. The van der Waals surface area contributed by atoms with E-state index in [9.17, 15) is 10.1 Å². The van der Waals surface area contributed by atoms with Gasteiger partial charge >= 0.3 is 6.01 Å². The summed E-state index contributed by atoms with van der Waals surface area (Å²) in [5, 5.41) is 18.5. The van der Waals surface area contributed by atoms with Gasteiger partial charge in [-0.3, -0.25) is 14.9 Å². The number of carbonyl (C=O) groups excluding carboxylic acids is 1. The molecule has 2 aliphatic rings. The van der Waals surface area contributed by atoms with Gasteiger partial charge in [0, 0.05) is 48.7 Å². The Hall–Kier alpha value is -4.78. The minimum absolute atomic E-state index is 0.00938. The molecule has 2 fully saturated rings. The first kappa shape index (κ1) is 24.6. The second-order valence-electron chi connectivity index (χ2n) is 10.2. The Morgan fingerprint density at radius 2 is 2.10 bits per heavy atom. The van der Waals surface area contributed by atoms with E-state index in [2.05, 4.69) is 26.2 Å². The molecule has 0 bridgehead atoms. The number of amides is 1. The second kappa shape index (κ2) is 9.83. The Balaban J connectivity index is 1.39. The molecule has 6 rings (SSSR count). The minimum atomic E-state index is -0.00938. The summed E-state index contributed by atoms with van der Waals surface area (Å²) < 4.78 is 6.05. The van der Waals surface area contributed by atoms with E-state index in [1.54, 1.807) is 24.5 Å². The van der Waals surface area contributed by atoms with Gasteiger partial charge in [0.25, 0.3) is 0 Å². The molecular weight excluding hydrogens is 492 g/mol. The van der Waals surface area contributed by atoms with Crippen LogP contribution in [0.4, 0.5) is 5.82 Å². The third-order valence-corrected chi connectivity index (χ3v) is 7.54. The van der Waals surface area contributed by atoms with Crippen LogP contribution in [-0.2, 0) is 11.4 Å². The van der Waals surface area contributed by atoms with Crippen LogP contribution in [0.3, 0.4) is 0 Å². The number of aromatic nitrogens is 5. The van der Waals surface area contributed by atoms with Crippen LogP contribution in [0.1, 0.15) is 30.2 Å². The normalized spacial score (nSPS) is 16.1. The van der Waals surface area contributed by atoms with Crippen molar-refractivity contribution in [3.05, 3.63) is 71.7 Å². The molecule has 1 aromatic carbocycles. The van der Waals surface area contributed by atoms with Crippen LogP contribution in [0.5, 0.6) is 6.01 Å². The summed E-state index contributed by atoms with van der Waals surface area (Å²) in [6, 6.07) is 12.2. The fourth-order valence-corrected chi connectivity index (χ4v) is 5.61. The van der Waals surface area contributed by atoms with Crippen molar-refractivity contribution in [1.82, 2.24) is 30.0 Å². The van der Waals surface area contributed by atoms with Gasteiger partial charge in [0.15, 0.2) is 5.82 Å². The Bertz CT molecular complexity index is 1620. The van der Waals surface area contributed by atoms with E-state index < -0.39 is 0 Å². The number of nitrogens with zero attached hydrogens (tertiary/aromatic N) is 7. The first-order chi connectivity index (χ1) is 19.0. The zero-order valence-electron chi connectivity index (χ0n) is 21.9. The molecular formula is C29H28N8O2. The van der Waals surface area contributed by atoms with E-state index >= 15 is 0 Å². The first-order valence-electron chi connectivity index (χ1n) is 12.9. The number of nitrogens with one attached hydrogen (secondary N) is 1. The number of ether oxygens (including phenoxy) is 1. The van der Waals surface area contributed by atoms with E-state index in [1.807, 2.05) is 49.1 Å². The van der Waals surface area contributed by atoms with Gasteiger partial charge < -0.3 is 14.5 Å². The summed E-state index contributed by atoms with van der Waals surface area (Å²) in [5.74, 6) is 0.589. The molecule has 0 unspecified atom stereocenters. The molecule has 3 aromatic heterocycles. The zero-order valence-corrected chi connectivity index (χ0v) is 21.9. The molecule has 0 radical (unpaired) electrons. The Labute approximate surface area is 226 Å². The average molecular weight is 521 g/mol. The van der Waals surface area contributed by atoms with Crippen molar-refractivity contribution in [2.45, 2.75) is 26.9 Å². The first-order valence-corrected chi connectivity index (χ1v) is 12.9. The molecule has 196 valence electrons. The number of likely N-dealkylation sites (tertiary alicyclic amines) is 1. The van der Waals surface area contributed by atoms with Crippen LogP contribution in [-0.4, -0.2) is 62.1 Å². The van der Waals surface area contributed by atoms with Gasteiger partial charge in [-0.25, -0.2) is 0 Å². The van der Waals surface area contributed by atoms with Crippen molar-refractivity contribution in [2.24, 2.45) is 5.41 Å². The van der Waals surface area contributed by atoms with Crippen molar-refractivity contribution in [3.8, 4) is 23.3 Å². The predicted octanol–water partition coefficient (Wildman–Crippen LogP) is 3.79. The summed E-state index contributed by atoms with van der Waals surface area (Å²) in [6.07, 6.45) is 7.76. The van der Waals surface area contributed by atoms with Crippen LogP contribution in [0, 0.1) is 23.7 Å². The molecule has 1 amide bonds. The Morgan fingerprint density at radius 3 is 2.87 bits per heavy atom. The molecule has 0 saturated carbocycles. The summed E-state index contributed by atoms with van der Waals surface area (Å²) in [4.78, 5) is 30.2. The molecule has 0 atom stereocenters. The van der Waals surface area contributed by atoms with Gasteiger partial charge in [-0.05, 0) is 50.1 Å². The molecule has 0 aliphatic carbocycles. The SMILES string of the molecule is C/C=C/C(=O)N1CC2(CCN(c3nc(OCc4ccccn4)nc(-c4c(C)ccc5[nH]ncc45)c3C#N)C2)C1. The van der Waals surface area contributed by atoms with Crippen molar-refractivity contribution < 1.29 is 9.53 Å². The highest BCUT2D eigenvalue weighted by Crippen LogP contribution is 2.43. The quantitative estimate of drug-likeness (QED) is 0.381. The fraction of sp³-hybridized carbons (Fsp3) is 0.310. The number of H-pyrrole nitrogens is 1. The maximum Gasteiger partial charge on any atom is 0.319 e. The topological polar surface area (TPSA) is 124 Å². The molecule has 1 spiro atoms. The van der Waals surface area contributed by atoms with E-state index in [4.69, 9.17) is 14.7 Å². The maximum absolute atomic E-state index is 12.3. The van der Waals surface area contributed by atoms with Crippen LogP contribution in [0.15, 0.2) is 54.9 Å². The monoisotopic (exact) mass is 520 g/mol. The van der Waals surface area contributed by atoms with Gasteiger partial charge in [0.1, 0.15) is 18.2 Å². The minimum Gasteiger partial charge on any atom is -0.457 e. The molecule has 10 nitrogen and oxygen atoms in total. The molecule has 10 heteroatoms. The van der Waals surface area contributed by atoms with E-state index in [-0.39, 0.29) is 23.9 Å². The second-order valence-corrected chi connectivity index (χ2v) is 10.2. The van der Waals surface area contributed by atoms with Gasteiger partial charge in [-0.1, -0.05) is 18.2 Å². The Kier molecular flexibility index (Phi) is 6.19. The number of nitriles is 1. The smallest absolute Gasteiger partial charge is 0.319 e. The fourth-order valence-electron chi connectivity index (χ4n) is 5.61. The standard InChI is InChI=1S/C29H28N8O2/c1-3-6-24(38)37-17-29(18-37)10-12-36(16-29)27-21(13-30)26(25-19(2)8-9-23-22(25)14-32-35-23)33-28(34-27)39-15-20-7-4-5-11-31-20/h3-9,11,14H,10,12,15-18H2,1-2H3,(H,32,35)/b6-3+. The van der Waals surface area contributed by atoms with Crippen LogP contribution < -0.4 is 9.64 Å². The summed E-state index contributed by atoms with van der Waals surface area (Å²) in [7, 11) is 0. The van der Waals surface area contributed by atoms with Crippen molar-refractivity contribution in [3.63, 3.8) is 0 Å². The third-order valence-electron chi connectivity index (χ3n) is 7.54. The Morgan fingerprint density at radius 1 is 1.23 bits per heavy atom. The summed E-state index contributed by atoms with van der Waals surface area (Å²) in [6.45, 7) is 6.87. The van der Waals surface area contributed by atoms with E-state index in [0.29, 0.717) is 36.7 Å². The highest BCUT2D eigenvalue weighted by atomic mass is 16.5. The molecule has 5 heterocycles. The number of hydrogen-bond donors (Lipinski definition) is 1. The number of benzene rings is 1. The number of anilines is 1. The van der Waals surface area contributed by atoms with Gasteiger partial charge in [-0.15, -0.1) is 0 Å². The van der Waals surface area contributed by atoms with Crippen molar-refractivity contribution in [2.75, 3.05) is 31.1 Å². The number of hydrogen-bond acceptors (Lipinski definition) is 8. The van der Waals surface area contributed by atoms with E-state index in [0.717, 1.165) is 40.7 Å². The zero-order chi connectivity index (χ0) is 27.0. The predicted molar refractivity (Wildman–Crippen MR) is 146 cm³/mol. The lowest BCUT2D eigenvalue weighted by molar-refractivity contribution is -0.136. The van der Waals surface area contributed by atoms with Gasteiger partial charge in [0.05, 0.1) is 23.1 Å². The molecule has 1 N–H and O–H groups in total. The number of pyridine rings is 1. The van der Waals surface area contributed by atoms with Crippen molar-refractivity contribution >= 4 is 22.6 Å². The third kappa shape index (κ3) is 4.46.